The standard InChI is InChI=1S/C14H16P.CH3O/c1-15(2,13-9-5-3-6-10-13)14-11-7-4-8-12-14;1-2/h3-12H,1-2H3;1H3/q+1;-1. The van der Waals surface area contributed by atoms with Crippen LogP contribution in [0.25, 0.3) is 0 Å². The third-order valence-corrected chi connectivity index (χ3v) is 5.98. The maximum Gasteiger partial charge on any atom is 0.0985 e. The number of rotatable bonds is 2. The fraction of sp³-hybridized carbons (Fsp3) is 0.200. The molecule has 2 rings (SSSR count). The Morgan fingerprint density at radius 2 is 0.941 bits per heavy atom. The predicted octanol–water partition coefficient (Wildman–Crippen LogP) is 1.89. The molecule has 2 aromatic carbocycles. The summed E-state index contributed by atoms with van der Waals surface area (Å²) in [5.74, 6) is 0. The summed E-state index contributed by atoms with van der Waals surface area (Å²) in [5.41, 5.74) is 0. The van der Waals surface area contributed by atoms with Crippen LogP contribution in [0.3, 0.4) is 0 Å². The summed E-state index contributed by atoms with van der Waals surface area (Å²) in [5, 5.41) is 11.2. The fourth-order valence-corrected chi connectivity index (χ4v) is 3.88. The molecule has 0 aromatic heterocycles. The lowest BCUT2D eigenvalue weighted by Crippen LogP contribution is -2.19. The molecule has 0 fully saturated rings. The average molecular weight is 246 g/mol. The van der Waals surface area contributed by atoms with Gasteiger partial charge in [0.2, 0.25) is 0 Å². The second-order valence-electron chi connectivity index (χ2n) is 4.12. The van der Waals surface area contributed by atoms with Crippen molar-refractivity contribution in [3.63, 3.8) is 0 Å². The highest BCUT2D eigenvalue weighted by atomic mass is 31.2. The molecule has 0 saturated heterocycles. The van der Waals surface area contributed by atoms with Crippen LogP contribution < -0.4 is 15.7 Å². The van der Waals surface area contributed by atoms with E-state index in [9.17, 15) is 0 Å². The first-order chi connectivity index (χ1) is 8.21. The molecule has 90 valence electrons. The lowest BCUT2D eigenvalue weighted by atomic mass is 10.4. The van der Waals surface area contributed by atoms with Gasteiger partial charge in [-0.15, -0.1) is 0 Å². The summed E-state index contributed by atoms with van der Waals surface area (Å²) < 4.78 is 0. The van der Waals surface area contributed by atoms with Crippen LogP contribution in [0.4, 0.5) is 0 Å². The van der Waals surface area contributed by atoms with Crippen molar-refractivity contribution in [2.45, 2.75) is 0 Å². The lowest BCUT2D eigenvalue weighted by molar-refractivity contribution is -0.325. The molecule has 0 saturated carbocycles. The predicted molar refractivity (Wildman–Crippen MR) is 76.8 cm³/mol. The molecule has 0 heterocycles. The van der Waals surface area contributed by atoms with Crippen LogP contribution in [0.5, 0.6) is 0 Å². The minimum Gasteiger partial charge on any atom is -0.857 e. The summed E-state index contributed by atoms with van der Waals surface area (Å²) in [6.07, 6.45) is 0. The van der Waals surface area contributed by atoms with Gasteiger partial charge in [-0.2, -0.15) is 7.11 Å². The molecule has 0 spiro atoms. The van der Waals surface area contributed by atoms with Gasteiger partial charge in [0.15, 0.2) is 0 Å². The van der Waals surface area contributed by atoms with E-state index in [2.05, 4.69) is 74.0 Å². The summed E-state index contributed by atoms with van der Waals surface area (Å²) >= 11 is 0. The van der Waals surface area contributed by atoms with Crippen molar-refractivity contribution in [3.8, 4) is 0 Å². The maximum atomic E-state index is 8.25. The molecule has 0 unspecified atom stereocenters. The topological polar surface area (TPSA) is 23.1 Å². The van der Waals surface area contributed by atoms with Crippen molar-refractivity contribution in [1.29, 1.82) is 0 Å². The van der Waals surface area contributed by atoms with E-state index in [4.69, 9.17) is 5.11 Å². The second kappa shape index (κ2) is 6.54. The maximum absolute atomic E-state index is 8.25. The highest BCUT2D eigenvalue weighted by Gasteiger charge is 2.30. The summed E-state index contributed by atoms with van der Waals surface area (Å²) in [6.45, 7) is 4.75. The Kier molecular flexibility index (Phi) is 5.34. The van der Waals surface area contributed by atoms with E-state index in [0.29, 0.717) is 0 Å². The zero-order valence-corrected chi connectivity index (χ0v) is 11.5. The highest BCUT2D eigenvalue weighted by molar-refractivity contribution is 7.88. The van der Waals surface area contributed by atoms with Gasteiger partial charge in [0.25, 0.3) is 0 Å². The molecule has 0 aliphatic heterocycles. The Morgan fingerprint density at radius 1 is 0.647 bits per heavy atom. The molecular formula is C15H19OP. The van der Waals surface area contributed by atoms with Gasteiger partial charge in [-0.1, -0.05) is 36.4 Å². The first-order valence-corrected chi connectivity index (χ1v) is 8.25. The van der Waals surface area contributed by atoms with Gasteiger partial charge in [0, 0.05) is 0 Å². The average Bonchev–Trinajstić information content (AvgIpc) is 2.43. The SMILES string of the molecule is C[O-].C[P+](C)(c1ccccc1)c1ccccc1. The normalized spacial score (nSPS) is 10.4. The van der Waals surface area contributed by atoms with Gasteiger partial charge in [-0.05, 0) is 24.3 Å². The van der Waals surface area contributed by atoms with Crippen molar-refractivity contribution < 1.29 is 5.11 Å². The monoisotopic (exact) mass is 246 g/mol. The molecule has 0 radical (unpaired) electrons. The Hall–Kier alpha value is -1.17. The number of hydrogen-bond acceptors (Lipinski definition) is 1. The molecule has 0 bridgehead atoms. The van der Waals surface area contributed by atoms with Crippen molar-refractivity contribution in [1.82, 2.24) is 0 Å². The zero-order chi connectivity index (χ0) is 12.7. The van der Waals surface area contributed by atoms with E-state index in [1.54, 1.807) is 0 Å². The second-order valence-corrected chi connectivity index (χ2v) is 8.06. The minimum absolute atomic E-state index is 0.750. The van der Waals surface area contributed by atoms with E-state index in [0.717, 1.165) is 7.11 Å². The largest absolute Gasteiger partial charge is 0.857 e. The van der Waals surface area contributed by atoms with E-state index < -0.39 is 7.26 Å². The van der Waals surface area contributed by atoms with Crippen LogP contribution in [0.15, 0.2) is 60.7 Å². The van der Waals surface area contributed by atoms with Crippen LogP contribution in [-0.2, 0) is 0 Å². The van der Waals surface area contributed by atoms with Crippen molar-refractivity contribution >= 4 is 17.9 Å². The summed E-state index contributed by atoms with van der Waals surface area (Å²) in [6, 6.07) is 21.6. The Labute approximate surface area is 104 Å². The highest BCUT2D eigenvalue weighted by Crippen LogP contribution is 2.48. The molecule has 17 heavy (non-hydrogen) atoms. The molecule has 0 N–H and O–H groups in total. The van der Waals surface area contributed by atoms with Crippen LogP contribution in [0, 0.1) is 0 Å². The molecule has 0 aliphatic rings. The van der Waals surface area contributed by atoms with Crippen LogP contribution >= 0.6 is 7.26 Å². The van der Waals surface area contributed by atoms with Gasteiger partial charge >= 0.3 is 0 Å². The van der Waals surface area contributed by atoms with Crippen molar-refractivity contribution in [2.24, 2.45) is 0 Å². The quantitative estimate of drug-likeness (QED) is 0.742. The van der Waals surface area contributed by atoms with E-state index in [1.165, 1.54) is 10.6 Å². The smallest absolute Gasteiger partial charge is 0.0985 e. The van der Waals surface area contributed by atoms with E-state index in [-0.39, 0.29) is 0 Å². The molecule has 0 atom stereocenters. The minimum atomic E-state index is -1.15. The first kappa shape index (κ1) is 13.9. The number of hydrogen-bond donors (Lipinski definition) is 0. The molecule has 2 aromatic rings. The van der Waals surface area contributed by atoms with Crippen LogP contribution in [0.1, 0.15) is 0 Å². The van der Waals surface area contributed by atoms with E-state index in [1.807, 2.05) is 0 Å². The third-order valence-electron chi connectivity index (χ3n) is 2.80. The summed E-state index contributed by atoms with van der Waals surface area (Å²) in [7, 11) is -0.397. The summed E-state index contributed by atoms with van der Waals surface area (Å²) in [4.78, 5) is 0. The van der Waals surface area contributed by atoms with Crippen molar-refractivity contribution in [3.05, 3.63) is 60.7 Å². The zero-order valence-electron chi connectivity index (χ0n) is 10.6. The molecule has 0 amide bonds. The van der Waals surface area contributed by atoms with Gasteiger partial charge < -0.3 is 5.11 Å². The molecular weight excluding hydrogens is 227 g/mol. The fourth-order valence-electron chi connectivity index (χ4n) is 1.75. The van der Waals surface area contributed by atoms with Crippen LogP contribution in [-0.4, -0.2) is 20.4 Å². The Balaban J connectivity index is 0.000000686. The first-order valence-electron chi connectivity index (χ1n) is 5.57. The molecule has 0 aliphatic carbocycles. The van der Waals surface area contributed by atoms with E-state index >= 15 is 0 Å². The molecule has 2 heteroatoms. The van der Waals surface area contributed by atoms with Gasteiger partial charge in [0.1, 0.15) is 0 Å². The van der Waals surface area contributed by atoms with Gasteiger partial charge in [-0.25, -0.2) is 0 Å². The van der Waals surface area contributed by atoms with Crippen molar-refractivity contribution in [2.75, 3.05) is 20.4 Å². The van der Waals surface area contributed by atoms with Gasteiger partial charge in [0.05, 0.1) is 31.2 Å². The Bertz CT molecular complexity index is 382. The lowest BCUT2D eigenvalue weighted by Gasteiger charge is -2.17. The Morgan fingerprint density at radius 3 is 1.24 bits per heavy atom. The number of benzene rings is 2. The van der Waals surface area contributed by atoms with Gasteiger partial charge in [-0.3, -0.25) is 0 Å². The third kappa shape index (κ3) is 3.39. The molecule has 1 nitrogen and oxygen atoms in total. The van der Waals surface area contributed by atoms with Crippen LogP contribution in [0.2, 0.25) is 0 Å².